The number of nitrogens with one attached hydrogen (secondary N) is 1. The zero-order valence-corrected chi connectivity index (χ0v) is 10.8. The number of ether oxygens (including phenoxy) is 1. The molecule has 0 aromatic heterocycles. The maximum Gasteiger partial charge on any atom is 0.325 e. The highest BCUT2D eigenvalue weighted by Gasteiger charge is 2.33. The fraction of sp³-hybridized carbons (Fsp3) is 0.600. The number of rotatable bonds is 5. The van der Waals surface area contributed by atoms with Gasteiger partial charge in [-0.2, -0.15) is 0 Å². The molecular weight excluding hydrogens is 262 g/mol. The predicted molar refractivity (Wildman–Crippen MR) is 62.2 cm³/mol. The molecule has 1 rings (SSSR count). The highest BCUT2D eigenvalue weighted by molar-refractivity contribution is 7.90. The van der Waals surface area contributed by atoms with Crippen molar-refractivity contribution in [2.75, 3.05) is 7.11 Å². The van der Waals surface area contributed by atoms with Crippen molar-refractivity contribution in [2.24, 2.45) is 5.92 Å². The molecule has 18 heavy (non-hydrogen) atoms. The molecular formula is C10H15NO6S. The third kappa shape index (κ3) is 3.30. The van der Waals surface area contributed by atoms with Crippen molar-refractivity contribution in [3.8, 4) is 0 Å². The van der Waals surface area contributed by atoms with Gasteiger partial charge in [-0.25, -0.2) is 13.1 Å². The molecule has 2 N–H and O–H groups in total. The van der Waals surface area contributed by atoms with Crippen LogP contribution in [0.4, 0.5) is 0 Å². The van der Waals surface area contributed by atoms with Gasteiger partial charge in [-0.1, -0.05) is 12.2 Å². The first-order valence-electron chi connectivity index (χ1n) is 5.28. The molecule has 3 atom stereocenters. The van der Waals surface area contributed by atoms with Gasteiger partial charge >= 0.3 is 11.9 Å². The first kappa shape index (κ1) is 14.7. The van der Waals surface area contributed by atoms with Crippen LogP contribution in [0.5, 0.6) is 0 Å². The van der Waals surface area contributed by atoms with Gasteiger partial charge in [0, 0.05) is 6.04 Å². The Hall–Kier alpha value is -1.41. The molecule has 0 saturated heterocycles. The van der Waals surface area contributed by atoms with Crippen LogP contribution in [0.2, 0.25) is 0 Å². The summed E-state index contributed by atoms with van der Waals surface area (Å²) in [7, 11) is -2.77. The second-order valence-corrected chi connectivity index (χ2v) is 6.03. The Morgan fingerprint density at radius 2 is 2.06 bits per heavy atom. The second-order valence-electron chi connectivity index (χ2n) is 4.00. The number of esters is 1. The van der Waals surface area contributed by atoms with E-state index in [0.29, 0.717) is 0 Å². The Bertz CT molecular complexity index is 469. The monoisotopic (exact) mass is 277 g/mol. The van der Waals surface area contributed by atoms with Gasteiger partial charge in [0.25, 0.3) is 0 Å². The number of carboxylic acid groups (broad SMARTS) is 1. The van der Waals surface area contributed by atoms with Gasteiger partial charge < -0.3 is 9.84 Å². The summed E-state index contributed by atoms with van der Waals surface area (Å²) in [5.74, 6) is -2.57. The molecule has 0 aliphatic heterocycles. The lowest BCUT2D eigenvalue weighted by molar-refractivity contribution is -0.141. The molecule has 0 spiro atoms. The first-order valence-corrected chi connectivity index (χ1v) is 6.82. The molecule has 0 heterocycles. The summed E-state index contributed by atoms with van der Waals surface area (Å²) >= 11 is 0. The van der Waals surface area contributed by atoms with E-state index < -0.39 is 39.2 Å². The zero-order chi connectivity index (χ0) is 13.9. The Kier molecular flexibility index (Phi) is 4.47. The minimum Gasteiger partial charge on any atom is -0.481 e. The fourth-order valence-electron chi connectivity index (χ4n) is 1.58. The van der Waals surface area contributed by atoms with E-state index >= 15 is 0 Å². The molecule has 0 saturated carbocycles. The SMILES string of the molecule is COC(=O)C(C)S(=O)(=O)NC1C=CC(C(=O)O)C1. The maximum atomic E-state index is 11.8. The van der Waals surface area contributed by atoms with E-state index in [2.05, 4.69) is 9.46 Å². The van der Waals surface area contributed by atoms with Gasteiger partial charge in [-0.05, 0) is 13.3 Å². The Morgan fingerprint density at radius 1 is 1.44 bits per heavy atom. The maximum absolute atomic E-state index is 11.8. The second kappa shape index (κ2) is 5.49. The van der Waals surface area contributed by atoms with Crippen LogP contribution >= 0.6 is 0 Å². The predicted octanol–water partition coefficient (Wildman–Crippen LogP) is -0.503. The van der Waals surface area contributed by atoms with Crippen LogP contribution in [0.25, 0.3) is 0 Å². The summed E-state index contributed by atoms with van der Waals surface area (Å²) < 4.78 is 30.2. The molecule has 1 aliphatic rings. The Morgan fingerprint density at radius 3 is 2.50 bits per heavy atom. The molecule has 7 nitrogen and oxygen atoms in total. The molecule has 0 amide bonds. The van der Waals surface area contributed by atoms with E-state index in [1.54, 1.807) is 0 Å². The van der Waals surface area contributed by atoms with Crippen LogP contribution in [-0.4, -0.2) is 43.9 Å². The highest BCUT2D eigenvalue weighted by Crippen LogP contribution is 2.19. The molecule has 8 heteroatoms. The van der Waals surface area contributed by atoms with Crippen molar-refractivity contribution in [1.82, 2.24) is 4.72 Å². The molecule has 1 aliphatic carbocycles. The molecule has 0 fully saturated rings. The number of hydrogen-bond donors (Lipinski definition) is 2. The average molecular weight is 277 g/mol. The topological polar surface area (TPSA) is 110 Å². The Labute approximate surface area is 105 Å². The summed E-state index contributed by atoms with van der Waals surface area (Å²) in [6.45, 7) is 1.21. The van der Waals surface area contributed by atoms with Crippen LogP contribution in [0.3, 0.4) is 0 Å². The van der Waals surface area contributed by atoms with Crippen LogP contribution in [0, 0.1) is 5.92 Å². The smallest absolute Gasteiger partial charge is 0.325 e. The minimum atomic E-state index is -3.87. The van der Waals surface area contributed by atoms with Gasteiger partial charge in [-0.15, -0.1) is 0 Å². The Balaban J connectivity index is 2.66. The van der Waals surface area contributed by atoms with Gasteiger partial charge in [0.2, 0.25) is 10.0 Å². The van der Waals surface area contributed by atoms with E-state index in [0.717, 1.165) is 7.11 Å². The van der Waals surface area contributed by atoms with E-state index in [4.69, 9.17) is 5.11 Å². The van der Waals surface area contributed by atoms with Crippen LogP contribution < -0.4 is 4.72 Å². The molecule has 0 radical (unpaired) electrons. The van der Waals surface area contributed by atoms with Crippen LogP contribution in [0.15, 0.2) is 12.2 Å². The van der Waals surface area contributed by atoms with E-state index in [9.17, 15) is 18.0 Å². The summed E-state index contributed by atoms with van der Waals surface area (Å²) in [6, 6.07) is -0.608. The zero-order valence-electron chi connectivity index (χ0n) is 9.99. The van der Waals surface area contributed by atoms with E-state index in [-0.39, 0.29) is 6.42 Å². The number of hydrogen-bond acceptors (Lipinski definition) is 5. The van der Waals surface area contributed by atoms with Gasteiger partial charge in [0.05, 0.1) is 13.0 Å². The average Bonchev–Trinajstić information content (AvgIpc) is 2.74. The number of methoxy groups -OCH3 is 1. The summed E-state index contributed by atoms with van der Waals surface area (Å²) in [5.41, 5.74) is 0. The molecule has 102 valence electrons. The molecule has 0 aromatic rings. The van der Waals surface area contributed by atoms with Crippen molar-refractivity contribution in [3.05, 3.63) is 12.2 Å². The first-order chi connectivity index (χ1) is 8.27. The van der Waals surface area contributed by atoms with Crippen molar-refractivity contribution >= 4 is 22.0 Å². The molecule has 3 unspecified atom stereocenters. The number of carboxylic acids is 1. The largest absolute Gasteiger partial charge is 0.481 e. The standard InChI is InChI=1S/C10H15NO6S/c1-6(10(14)17-2)18(15,16)11-8-4-3-7(5-8)9(12)13/h3-4,6-8,11H,5H2,1-2H3,(H,12,13). The lowest BCUT2D eigenvalue weighted by Gasteiger charge is -2.16. The highest BCUT2D eigenvalue weighted by atomic mass is 32.2. The van der Waals surface area contributed by atoms with Crippen molar-refractivity contribution in [3.63, 3.8) is 0 Å². The summed E-state index contributed by atoms with van der Waals surface area (Å²) in [5, 5.41) is 7.43. The molecule has 0 bridgehead atoms. The summed E-state index contributed by atoms with van der Waals surface area (Å²) in [6.07, 6.45) is 3.04. The minimum absolute atomic E-state index is 0.141. The third-order valence-electron chi connectivity index (χ3n) is 2.71. The van der Waals surface area contributed by atoms with Crippen molar-refractivity contribution in [2.45, 2.75) is 24.6 Å². The van der Waals surface area contributed by atoms with Crippen LogP contribution in [0.1, 0.15) is 13.3 Å². The van der Waals surface area contributed by atoms with E-state index in [1.807, 2.05) is 0 Å². The fourth-order valence-corrected chi connectivity index (χ4v) is 2.73. The number of sulfonamides is 1. The van der Waals surface area contributed by atoms with Gasteiger partial charge in [0.1, 0.15) is 0 Å². The van der Waals surface area contributed by atoms with Crippen LogP contribution in [-0.2, 0) is 24.3 Å². The number of aliphatic carboxylic acids is 1. The van der Waals surface area contributed by atoms with Gasteiger partial charge in [0.15, 0.2) is 5.25 Å². The normalized spacial score (nSPS) is 24.8. The summed E-state index contributed by atoms with van der Waals surface area (Å²) in [4.78, 5) is 21.8. The van der Waals surface area contributed by atoms with E-state index in [1.165, 1.54) is 19.1 Å². The lowest BCUT2D eigenvalue weighted by atomic mass is 10.1. The number of carbonyl (C=O) groups is 2. The van der Waals surface area contributed by atoms with Crippen molar-refractivity contribution in [1.29, 1.82) is 0 Å². The quantitative estimate of drug-likeness (QED) is 0.517. The third-order valence-corrected chi connectivity index (χ3v) is 4.47. The lowest BCUT2D eigenvalue weighted by Crippen LogP contribution is -2.42. The van der Waals surface area contributed by atoms with Crippen molar-refractivity contribution < 1.29 is 27.9 Å². The molecule has 0 aromatic carbocycles. The van der Waals surface area contributed by atoms with Gasteiger partial charge in [-0.3, -0.25) is 9.59 Å². The number of carbonyl (C=O) groups excluding carboxylic acids is 1.